The minimum atomic E-state index is -4.06. The summed E-state index contributed by atoms with van der Waals surface area (Å²) in [4.78, 5) is 0.0185. The normalized spacial score (nSPS) is 10.5. The third kappa shape index (κ3) is 4.44. The second kappa shape index (κ2) is 5.88. The maximum Gasteiger partial charge on any atom is 0.295 e. The van der Waals surface area contributed by atoms with Crippen molar-refractivity contribution in [1.29, 1.82) is 0 Å². The van der Waals surface area contributed by atoms with Gasteiger partial charge in [0.15, 0.2) is 0 Å². The van der Waals surface area contributed by atoms with Gasteiger partial charge in [-0.05, 0) is 25.0 Å². The van der Waals surface area contributed by atoms with Crippen LogP contribution in [0.5, 0.6) is 0 Å². The molecule has 0 bridgehead atoms. The van der Waals surface area contributed by atoms with E-state index in [9.17, 15) is 8.42 Å². The van der Waals surface area contributed by atoms with Gasteiger partial charge in [0, 0.05) is 0 Å². The summed E-state index contributed by atoms with van der Waals surface area (Å²) in [6.45, 7) is 7.55. The van der Waals surface area contributed by atoms with Crippen molar-refractivity contribution in [1.82, 2.24) is 0 Å². The average molecular weight is 230 g/mol. The first kappa shape index (κ1) is 14.1. The van der Waals surface area contributed by atoms with Crippen LogP contribution in [0.1, 0.15) is 31.4 Å². The largest absolute Gasteiger partial charge is 0.295 e. The first-order valence-corrected chi connectivity index (χ1v) is 6.32. The summed E-state index contributed by atoms with van der Waals surface area (Å²) in [7, 11) is -4.06. The molecule has 1 aromatic rings. The van der Waals surface area contributed by atoms with E-state index in [-0.39, 0.29) is 4.90 Å². The van der Waals surface area contributed by atoms with Crippen LogP contribution in [-0.2, 0) is 10.1 Å². The van der Waals surface area contributed by atoms with Gasteiger partial charge in [-0.25, -0.2) is 0 Å². The van der Waals surface area contributed by atoms with Gasteiger partial charge >= 0.3 is 0 Å². The molecule has 0 radical (unpaired) electrons. The van der Waals surface area contributed by atoms with Crippen molar-refractivity contribution in [3.63, 3.8) is 0 Å². The highest BCUT2D eigenvalue weighted by Crippen LogP contribution is 2.18. The van der Waals surface area contributed by atoms with E-state index in [0.29, 0.717) is 11.1 Å². The molecule has 0 aliphatic carbocycles. The minimum Gasteiger partial charge on any atom is -0.282 e. The number of hydrogen-bond donors (Lipinski definition) is 1. The zero-order valence-corrected chi connectivity index (χ0v) is 10.4. The van der Waals surface area contributed by atoms with Gasteiger partial charge in [0.2, 0.25) is 0 Å². The van der Waals surface area contributed by atoms with E-state index in [1.807, 2.05) is 0 Å². The molecule has 4 heteroatoms. The number of benzene rings is 1. The maximum atomic E-state index is 10.8. The number of aryl methyl sites for hydroxylation is 2. The molecule has 0 spiro atoms. The molecule has 0 aliphatic rings. The first-order chi connectivity index (χ1) is 6.84. The van der Waals surface area contributed by atoms with Gasteiger partial charge in [0.25, 0.3) is 10.1 Å². The Balaban J connectivity index is 0.000000583. The van der Waals surface area contributed by atoms with Gasteiger partial charge in [-0.15, -0.1) is 0 Å². The highest BCUT2D eigenvalue weighted by atomic mass is 32.2. The van der Waals surface area contributed by atoms with Crippen LogP contribution in [-0.4, -0.2) is 13.0 Å². The third-order valence-electron chi connectivity index (χ3n) is 1.67. The monoisotopic (exact) mass is 230 g/mol. The average Bonchev–Trinajstić information content (AvgIpc) is 2.02. The lowest BCUT2D eigenvalue weighted by molar-refractivity contribution is 0.482. The van der Waals surface area contributed by atoms with E-state index in [2.05, 4.69) is 13.8 Å². The number of hydrogen-bond acceptors (Lipinski definition) is 2. The number of rotatable bonds is 1. The fourth-order valence-electron chi connectivity index (χ4n) is 1.21. The van der Waals surface area contributed by atoms with Crippen molar-refractivity contribution >= 4 is 10.1 Å². The van der Waals surface area contributed by atoms with Gasteiger partial charge in [-0.3, -0.25) is 4.55 Å². The van der Waals surface area contributed by atoms with Crippen molar-refractivity contribution in [3.8, 4) is 0 Å². The Morgan fingerprint density at radius 2 is 1.47 bits per heavy atom. The van der Waals surface area contributed by atoms with Crippen molar-refractivity contribution < 1.29 is 13.0 Å². The minimum absolute atomic E-state index is 0.0185. The highest BCUT2D eigenvalue weighted by Gasteiger charge is 2.14. The van der Waals surface area contributed by atoms with Crippen LogP contribution in [0.2, 0.25) is 0 Å². The molecule has 0 aliphatic heterocycles. The Bertz CT molecular complexity index is 388. The summed E-state index contributed by atoms with van der Waals surface area (Å²) in [5.74, 6) is 0. The zero-order valence-electron chi connectivity index (χ0n) is 9.61. The molecular formula is C11H18O3S. The zero-order chi connectivity index (χ0) is 12.1. The molecule has 1 rings (SSSR count). The van der Waals surface area contributed by atoms with Crippen LogP contribution in [0.25, 0.3) is 0 Å². The van der Waals surface area contributed by atoms with Crippen LogP contribution in [0, 0.1) is 13.8 Å². The second-order valence-electron chi connectivity index (χ2n) is 3.40. The topological polar surface area (TPSA) is 54.4 Å². The Labute approximate surface area is 91.9 Å². The van der Waals surface area contributed by atoms with E-state index < -0.39 is 10.1 Å². The molecule has 0 saturated carbocycles. The Hall–Kier alpha value is -0.870. The lowest BCUT2D eigenvalue weighted by Gasteiger charge is -2.04. The molecule has 0 unspecified atom stereocenters. The highest BCUT2D eigenvalue weighted by molar-refractivity contribution is 7.86. The third-order valence-corrected chi connectivity index (χ3v) is 2.83. The summed E-state index contributed by atoms with van der Waals surface area (Å²) in [5, 5.41) is 0. The molecule has 0 atom stereocenters. The van der Waals surface area contributed by atoms with E-state index in [0.717, 1.165) is 0 Å². The SMILES string of the molecule is CCC.Cc1cccc(C)c1S(=O)(=O)O. The van der Waals surface area contributed by atoms with Crippen LogP contribution >= 0.6 is 0 Å². The molecule has 0 fully saturated rings. The summed E-state index contributed by atoms with van der Waals surface area (Å²) >= 11 is 0. The standard InChI is InChI=1S/C8H10O3S.C3H8/c1-6-4-3-5-7(2)8(6)12(9,10)11;1-3-2/h3-5H,1-2H3,(H,9,10,11);3H2,1-2H3. The first-order valence-electron chi connectivity index (χ1n) is 4.88. The van der Waals surface area contributed by atoms with Crippen LogP contribution in [0.15, 0.2) is 23.1 Å². The van der Waals surface area contributed by atoms with Crippen molar-refractivity contribution in [2.24, 2.45) is 0 Å². The van der Waals surface area contributed by atoms with Crippen molar-refractivity contribution in [3.05, 3.63) is 29.3 Å². The van der Waals surface area contributed by atoms with E-state index in [1.54, 1.807) is 32.0 Å². The molecular weight excluding hydrogens is 212 g/mol. The quantitative estimate of drug-likeness (QED) is 0.755. The van der Waals surface area contributed by atoms with Gasteiger partial charge in [-0.1, -0.05) is 38.5 Å². The fraction of sp³-hybridized carbons (Fsp3) is 0.455. The van der Waals surface area contributed by atoms with Crippen molar-refractivity contribution in [2.45, 2.75) is 39.0 Å². The Morgan fingerprint density at radius 3 is 1.67 bits per heavy atom. The maximum absolute atomic E-state index is 10.8. The predicted molar refractivity (Wildman–Crippen MR) is 61.7 cm³/mol. The lowest BCUT2D eigenvalue weighted by Crippen LogP contribution is -2.03. The molecule has 3 nitrogen and oxygen atoms in total. The molecule has 1 aromatic carbocycles. The molecule has 0 aromatic heterocycles. The summed E-state index contributed by atoms with van der Waals surface area (Å²) < 4.78 is 30.5. The summed E-state index contributed by atoms with van der Waals surface area (Å²) in [5.41, 5.74) is 1.13. The van der Waals surface area contributed by atoms with Crippen LogP contribution < -0.4 is 0 Å². The molecule has 0 heterocycles. The van der Waals surface area contributed by atoms with E-state index >= 15 is 0 Å². The molecule has 1 N–H and O–H groups in total. The smallest absolute Gasteiger partial charge is 0.282 e. The second-order valence-corrected chi connectivity index (χ2v) is 4.76. The lowest BCUT2D eigenvalue weighted by atomic mass is 10.2. The Kier molecular flexibility index (Phi) is 5.54. The van der Waals surface area contributed by atoms with Gasteiger partial charge in [-0.2, -0.15) is 8.42 Å². The van der Waals surface area contributed by atoms with Crippen LogP contribution in [0.4, 0.5) is 0 Å². The van der Waals surface area contributed by atoms with E-state index in [1.165, 1.54) is 6.42 Å². The van der Waals surface area contributed by atoms with Gasteiger partial charge in [0.1, 0.15) is 0 Å². The Morgan fingerprint density at radius 1 is 1.13 bits per heavy atom. The van der Waals surface area contributed by atoms with Crippen LogP contribution in [0.3, 0.4) is 0 Å². The molecule has 0 saturated heterocycles. The molecule has 86 valence electrons. The summed E-state index contributed by atoms with van der Waals surface area (Å²) in [6.07, 6.45) is 1.25. The van der Waals surface area contributed by atoms with Gasteiger partial charge < -0.3 is 0 Å². The van der Waals surface area contributed by atoms with E-state index in [4.69, 9.17) is 4.55 Å². The predicted octanol–water partition coefficient (Wildman–Crippen LogP) is 2.97. The molecule has 0 amide bonds. The summed E-state index contributed by atoms with van der Waals surface area (Å²) in [6, 6.07) is 5.05. The van der Waals surface area contributed by atoms with Gasteiger partial charge in [0.05, 0.1) is 4.90 Å². The fourth-order valence-corrected chi connectivity index (χ4v) is 2.16. The van der Waals surface area contributed by atoms with Crippen molar-refractivity contribution in [2.75, 3.05) is 0 Å². The molecule has 15 heavy (non-hydrogen) atoms.